The van der Waals surface area contributed by atoms with Gasteiger partial charge in [-0.2, -0.15) is 0 Å². The number of thioether (sulfide) groups is 1. The monoisotopic (exact) mass is 476 g/mol. The number of halogens is 1. The standard InChI is InChI=1S/C23H29BrN2O2S/c1-16(2)25-23(28)18(4)26(15-19-7-9-20(24)10-8-19)22(27)13-14-29-21-11-5-17(3)6-12-21/h5-12,16,18H,13-15H2,1-4H3,(H,25,28)/t18-/m1/s1. The molecule has 2 aromatic carbocycles. The van der Waals surface area contributed by atoms with Crippen molar-refractivity contribution in [3.63, 3.8) is 0 Å². The van der Waals surface area contributed by atoms with Crippen LogP contribution < -0.4 is 5.32 Å². The van der Waals surface area contributed by atoms with E-state index < -0.39 is 6.04 Å². The zero-order valence-electron chi connectivity index (χ0n) is 17.4. The molecule has 1 atom stereocenters. The molecule has 29 heavy (non-hydrogen) atoms. The predicted molar refractivity (Wildman–Crippen MR) is 124 cm³/mol. The van der Waals surface area contributed by atoms with Crippen molar-refractivity contribution < 1.29 is 9.59 Å². The molecule has 0 unspecified atom stereocenters. The lowest BCUT2D eigenvalue weighted by molar-refractivity contribution is -0.140. The molecule has 0 spiro atoms. The summed E-state index contributed by atoms with van der Waals surface area (Å²) < 4.78 is 0.985. The van der Waals surface area contributed by atoms with Crippen LogP contribution in [0.4, 0.5) is 0 Å². The van der Waals surface area contributed by atoms with Gasteiger partial charge in [-0.3, -0.25) is 9.59 Å². The molecule has 4 nitrogen and oxygen atoms in total. The maximum atomic E-state index is 13.0. The first kappa shape index (κ1) is 23.5. The average Bonchev–Trinajstić information content (AvgIpc) is 2.68. The van der Waals surface area contributed by atoms with Gasteiger partial charge in [-0.15, -0.1) is 11.8 Å². The second kappa shape index (κ2) is 11.4. The molecule has 2 aromatic rings. The summed E-state index contributed by atoms with van der Waals surface area (Å²) in [5.74, 6) is 0.535. The van der Waals surface area contributed by atoms with Gasteiger partial charge in [-0.05, 0) is 57.5 Å². The number of carbonyl (C=O) groups is 2. The smallest absolute Gasteiger partial charge is 0.242 e. The van der Waals surface area contributed by atoms with Gasteiger partial charge in [0.05, 0.1) is 0 Å². The number of nitrogens with zero attached hydrogens (tertiary/aromatic N) is 1. The number of benzene rings is 2. The molecule has 0 aromatic heterocycles. The maximum absolute atomic E-state index is 13.0. The third-order valence-electron chi connectivity index (χ3n) is 4.47. The fraction of sp³-hybridized carbons (Fsp3) is 0.391. The Kier molecular flexibility index (Phi) is 9.24. The van der Waals surface area contributed by atoms with E-state index in [0.29, 0.717) is 18.7 Å². The molecule has 2 rings (SSSR count). The molecule has 0 saturated heterocycles. The van der Waals surface area contributed by atoms with Crippen LogP contribution in [-0.2, 0) is 16.1 Å². The van der Waals surface area contributed by atoms with E-state index in [-0.39, 0.29) is 17.9 Å². The van der Waals surface area contributed by atoms with Crippen molar-refractivity contribution in [2.75, 3.05) is 5.75 Å². The largest absolute Gasteiger partial charge is 0.352 e. The highest BCUT2D eigenvalue weighted by Gasteiger charge is 2.26. The number of nitrogens with one attached hydrogen (secondary N) is 1. The molecule has 0 fully saturated rings. The number of rotatable bonds is 9. The van der Waals surface area contributed by atoms with Crippen molar-refractivity contribution in [3.05, 3.63) is 64.1 Å². The van der Waals surface area contributed by atoms with Gasteiger partial charge in [0.2, 0.25) is 11.8 Å². The summed E-state index contributed by atoms with van der Waals surface area (Å²) in [6.07, 6.45) is 0.383. The van der Waals surface area contributed by atoms with Gasteiger partial charge >= 0.3 is 0 Å². The van der Waals surface area contributed by atoms with Crippen molar-refractivity contribution in [2.45, 2.75) is 57.6 Å². The molecule has 0 heterocycles. The Morgan fingerprint density at radius 3 is 2.24 bits per heavy atom. The summed E-state index contributed by atoms with van der Waals surface area (Å²) in [4.78, 5) is 28.4. The highest BCUT2D eigenvalue weighted by atomic mass is 79.9. The molecule has 0 aliphatic rings. The molecule has 2 amide bonds. The minimum Gasteiger partial charge on any atom is -0.352 e. The van der Waals surface area contributed by atoms with Crippen LogP contribution in [0.3, 0.4) is 0 Å². The average molecular weight is 477 g/mol. The third-order valence-corrected chi connectivity index (χ3v) is 6.01. The van der Waals surface area contributed by atoms with Crippen molar-refractivity contribution in [1.82, 2.24) is 10.2 Å². The summed E-state index contributed by atoms with van der Waals surface area (Å²) in [7, 11) is 0. The number of amides is 2. The van der Waals surface area contributed by atoms with Crippen LogP contribution in [0.15, 0.2) is 57.9 Å². The first-order chi connectivity index (χ1) is 13.8. The fourth-order valence-electron chi connectivity index (χ4n) is 2.81. The lowest BCUT2D eigenvalue weighted by atomic mass is 10.1. The van der Waals surface area contributed by atoms with Gasteiger partial charge in [0.15, 0.2) is 0 Å². The van der Waals surface area contributed by atoms with Gasteiger partial charge < -0.3 is 10.2 Å². The minimum atomic E-state index is -0.530. The number of hydrogen-bond donors (Lipinski definition) is 1. The third kappa shape index (κ3) is 7.86. The van der Waals surface area contributed by atoms with E-state index in [1.165, 1.54) is 5.56 Å². The van der Waals surface area contributed by atoms with Crippen molar-refractivity contribution >= 4 is 39.5 Å². The van der Waals surface area contributed by atoms with Crippen LogP contribution in [0.1, 0.15) is 38.3 Å². The van der Waals surface area contributed by atoms with Gasteiger partial charge in [0.25, 0.3) is 0 Å². The van der Waals surface area contributed by atoms with E-state index in [1.807, 2.05) is 38.1 Å². The van der Waals surface area contributed by atoms with E-state index >= 15 is 0 Å². The van der Waals surface area contributed by atoms with Crippen LogP contribution in [0, 0.1) is 6.92 Å². The van der Waals surface area contributed by atoms with Crippen molar-refractivity contribution in [2.24, 2.45) is 0 Å². The molecule has 6 heteroatoms. The molecule has 0 radical (unpaired) electrons. The summed E-state index contributed by atoms with van der Waals surface area (Å²) in [6, 6.07) is 15.6. The highest BCUT2D eigenvalue weighted by Crippen LogP contribution is 2.21. The molecule has 156 valence electrons. The Morgan fingerprint density at radius 2 is 1.66 bits per heavy atom. The summed E-state index contributed by atoms with van der Waals surface area (Å²) in [6.45, 7) is 8.10. The van der Waals surface area contributed by atoms with Crippen LogP contribution in [0.25, 0.3) is 0 Å². The molecule has 0 bridgehead atoms. The predicted octanol–water partition coefficient (Wildman–Crippen LogP) is 5.18. The van der Waals surface area contributed by atoms with E-state index in [1.54, 1.807) is 23.6 Å². The van der Waals surface area contributed by atoms with E-state index in [2.05, 4.69) is 52.4 Å². The molecule has 0 aliphatic carbocycles. The lowest BCUT2D eigenvalue weighted by Gasteiger charge is -2.29. The molecule has 0 aliphatic heterocycles. The Bertz CT molecular complexity index is 807. The van der Waals surface area contributed by atoms with E-state index in [4.69, 9.17) is 0 Å². The van der Waals surface area contributed by atoms with Crippen LogP contribution in [0.5, 0.6) is 0 Å². The minimum absolute atomic E-state index is 0.0149. The summed E-state index contributed by atoms with van der Waals surface area (Å²) >= 11 is 5.09. The van der Waals surface area contributed by atoms with Gasteiger partial charge in [0, 0.05) is 34.1 Å². The number of hydrogen-bond acceptors (Lipinski definition) is 3. The zero-order valence-corrected chi connectivity index (χ0v) is 19.8. The molecule has 1 N–H and O–H groups in total. The van der Waals surface area contributed by atoms with Gasteiger partial charge in [-0.1, -0.05) is 45.8 Å². The Labute approximate surface area is 186 Å². The molecule has 0 saturated carbocycles. The van der Waals surface area contributed by atoms with E-state index in [0.717, 1.165) is 14.9 Å². The summed E-state index contributed by atoms with van der Waals surface area (Å²) in [5.41, 5.74) is 2.22. The maximum Gasteiger partial charge on any atom is 0.242 e. The first-order valence-corrected chi connectivity index (χ1v) is 11.6. The van der Waals surface area contributed by atoms with E-state index in [9.17, 15) is 9.59 Å². The van der Waals surface area contributed by atoms with Crippen molar-refractivity contribution in [3.8, 4) is 0 Å². The number of aryl methyl sites for hydroxylation is 1. The molecular weight excluding hydrogens is 448 g/mol. The SMILES string of the molecule is Cc1ccc(SCCC(=O)N(Cc2ccc(Br)cc2)[C@H](C)C(=O)NC(C)C)cc1. The van der Waals surface area contributed by atoms with Gasteiger partial charge in [-0.25, -0.2) is 0 Å². The fourth-order valence-corrected chi connectivity index (χ4v) is 3.91. The lowest BCUT2D eigenvalue weighted by Crippen LogP contribution is -2.49. The molecular formula is C23H29BrN2O2S. The Hall–Kier alpha value is -1.79. The summed E-state index contributed by atoms with van der Waals surface area (Å²) in [5, 5.41) is 2.91. The second-order valence-corrected chi connectivity index (χ2v) is 9.48. The zero-order chi connectivity index (χ0) is 21.4. The Morgan fingerprint density at radius 1 is 1.03 bits per heavy atom. The van der Waals surface area contributed by atoms with Crippen LogP contribution >= 0.6 is 27.7 Å². The number of carbonyl (C=O) groups excluding carboxylic acids is 2. The first-order valence-electron chi connectivity index (χ1n) is 9.80. The normalized spacial score (nSPS) is 11.9. The quantitative estimate of drug-likeness (QED) is 0.507. The topological polar surface area (TPSA) is 49.4 Å². The highest BCUT2D eigenvalue weighted by molar-refractivity contribution is 9.10. The van der Waals surface area contributed by atoms with Crippen molar-refractivity contribution in [1.29, 1.82) is 0 Å². The van der Waals surface area contributed by atoms with Gasteiger partial charge in [0.1, 0.15) is 6.04 Å². The second-order valence-electron chi connectivity index (χ2n) is 7.40. The van der Waals surface area contributed by atoms with Crippen LogP contribution in [-0.4, -0.2) is 34.6 Å². The Balaban J connectivity index is 2.05. The van der Waals surface area contributed by atoms with Crippen LogP contribution in [0.2, 0.25) is 0 Å².